The van der Waals surface area contributed by atoms with E-state index in [2.05, 4.69) is 73.5 Å². The molecule has 0 saturated heterocycles. The minimum Gasteiger partial charge on any atom is -0.381 e. The maximum Gasteiger partial charge on any atom is 0.245 e. The molecule has 0 unspecified atom stereocenters. The maximum absolute atomic E-state index is 5.26. The van der Waals surface area contributed by atoms with Crippen LogP contribution in [0.4, 0.5) is 0 Å². The van der Waals surface area contributed by atoms with Gasteiger partial charge in [0.15, 0.2) is 11.0 Å². The highest BCUT2D eigenvalue weighted by Crippen LogP contribution is 2.22. The molecule has 1 heterocycles. The quantitative estimate of drug-likeness (QED) is 0.652. The number of rotatable bonds is 5. The molecule has 0 atom stereocenters. The minimum absolute atomic E-state index is 0.723. The number of fused-ring (bicyclic) bond motifs is 1. The molecule has 0 aliphatic carbocycles. The topological polar surface area (TPSA) is 18.0 Å². The summed E-state index contributed by atoms with van der Waals surface area (Å²) in [7, 11) is 1.75. The second-order valence-electron chi connectivity index (χ2n) is 6.66. The first-order chi connectivity index (χ1) is 11.5. The summed E-state index contributed by atoms with van der Waals surface area (Å²) >= 11 is 0. The fourth-order valence-electron chi connectivity index (χ4n) is 3.44. The van der Waals surface area contributed by atoms with Crippen molar-refractivity contribution in [3.05, 3.63) is 64.5 Å². The van der Waals surface area contributed by atoms with E-state index in [0.29, 0.717) is 0 Å². The van der Waals surface area contributed by atoms with Crippen LogP contribution in [0.3, 0.4) is 0 Å². The lowest BCUT2D eigenvalue weighted by Gasteiger charge is -2.14. The SMILES string of the molecule is COCCn1c[n+](Cc2c(C)c(C)cc(C)c2C)c2ccccc21. The number of hydrogen-bond acceptors (Lipinski definition) is 1. The van der Waals surface area contributed by atoms with Gasteiger partial charge in [-0.3, -0.25) is 0 Å². The van der Waals surface area contributed by atoms with Crippen molar-refractivity contribution in [2.45, 2.75) is 40.8 Å². The summed E-state index contributed by atoms with van der Waals surface area (Å²) in [6, 6.07) is 10.9. The highest BCUT2D eigenvalue weighted by molar-refractivity contribution is 5.71. The van der Waals surface area contributed by atoms with Crippen LogP contribution in [0.2, 0.25) is 0 Å². The number of para-hydroxylation sites is 2. The summed E-state index contributed by atoms with van der Waals surface area (Å²) in [5.74, 6) is 0. The largest absolute Gasteiger partial charge is 0.381 e. The van der Waals surface area contributed by atoms with Gasteiger partial charge in [0.05, 0.1) is 6.61 Å². The number of imidazole rings is 1. The zero-order valence-electron chi connectivity index (χ0n) is 15.4. The Morgan fingerprint density at radius 1 is 1.00 bits per heavy atom. The van der Waals surface area contributed by atoms with Gasteiger partial charge in [-0.1, -0.05) is 18.2 Å². The lowest BCUT2D eigenvalue weighted by Crippen LogP contribution is -2.34. The lowest BCUT2D eigenvalue weighted by atomic mass is 9.94. The Bertz CT molecular complexity index is 851. The molecule has 0 radical (unpaired) electrons. The van der Waals surface area contributed by atoms with Gasteiger partial charge < -0.3 is 4.74 Å². The number of aryl methyl sites for hydroxylation is 2. The molecule has 3 rings (SSSR count). The van der Waals surface area contributed by atoms with Gasteiger partial charge in [-0.2, -0.15) is 0 Å². The van der Waals surface area contributed by atoms with Crippen LogP contribution in [0.5, 0.6) is 0 Å². The van der Waals surface area contributed by atoms with Crippen LogP contribution < -0.4 is 4.57 Å². The molecule has 0 spiro atoms. The van der Waals surface area contributed by atoms with Crippen molar-refractivity contribution in [1.29, 1.82) is 0 Å². The number of benzene rings is 2. The van der Waals surface area contributed by atoms with Crippen molar-refractivity contribution < 1.29 is 9.30 Å². The molecule has 0 fully saturated rings. The van der Waals surface area contributed by atoms with E-state index in [9.17, 15) is 0 Å². The molecule has 3 aromatic rings. The fraction of sp³-hybridized carbons (Fsp3) is 0.381. The Morgan fingerprint density at radius 2 is 1.67 bits per heavy atom. The number of methoxy groups -OCH3 is 1. The fourth-order valence-corrected chi connectivity index (χ4v) is 3.44. The third-order valence-electron chi connectivity index (χ3n) is 5.17. The van der Waals surface area contributed by atoms with E-state index in [0.717, 1.165) is 19.7 Å². The van der Waals surface area contributed by atoms with Gasteiger partial charge >= 0.3 is 0 Å². The number of hydrogen-bond donors (Lipinski definition) is 0. The third kappa shape index (κ3) is 2.96. The first-order valence-corrected chi connectivity index (χ1v) is 8.55. The lowest BCUT2D eigenvalue weighted by molar-refractivity contribution is -0.663. The first-order valence-electron chi connectivity index (χ1n) is 8.55. The zero-order valence-corrected chi connectivity index (χ0v) is 15.4. The molecule has 0 N–H and O–H groups in total. The van der Waals surface area contributed by atoms with Gasteiger partial charge in [0.2, 0.25) is 6.33 Å². The van der Waals surface area contributed by atoms with Gasteiger partial charge in [-0.05, 0) is 67.6 Å². The Morgan fingerprint density at radius 3 is 2.33 bits per heavy atom. The van der Waals surface area contributed by atoms with E-state index in [4.69, 9.17) is 4.74 Å². The molecule has 0 bridgehead atoms. The third-order valence-corrected chi connectivity index (χ3v) is 5.17. The van der Waals surface area contributed by atoms with Crippen molar-refractivity contribution in [2.24, 2.45) is 0 Å². The van der Waals surface area contributed by atoms with Crippen LogP contribution in [-0.4, -0.2) is 18.3 Å². The Labute approximate surface area is 144 Å². The van der Waals surface area contributed by atoms with Crippen LogP contribution in [0.15, 0.2) is 36.7 Å². The van der Waals surface area contributed by atoms with Gasteiger partial charge in [-0.25, -0.2) is 9.13 Å². The summed E-state index contributed by atoms with van der Waals surface area (Å²) in [5.41, 5.74) is 9.51. The van der Waals surface area contributed by atoms with E-state index in [1.165, 1.54) is 38.9 Å². The molecule has 3 heteroatoms. The summed E-state index contributed by atoms with van der Waals surface area (Å²) in [6.07, 6.45) is 2.22. The highest BCUT2D eigenvalue weighted by Gasteiger charge is 2.18. The van der Waals surface area contributed by atoms with Crippen molar-refractivity contribution >= 4 is 11.0 Å². The standard InChI is InChI=1S/C21H27N2O/c1-15-12-16(2)18(4)19(17(15)3)13-23-14-22(10-11-24-5)20-8-6-7-9-21(20)23/h6-9,12,14H,10-11,13H2,1-5H3/q+1. The Kier molecular flexibility index (Phi) is 4.72. The van der Waals surface area contributed by atoms with Gasteiger partial charge in [0.25, 0.3) is 0 Å². The number of ether oxygens (including phenoxy) is 1. The zero-order chi connectivity index (χ0) is 17.3. The summed E-state index contributed by atoms with van der Waals surface area (Å²) in [5, 5.41) is 0. The van der Waals surface area contributed by atoms with Crippen molar-refractivity contribution in [2.75, 3.05) is 13.7 Å². The molecule has 0 aliphatic heterocycles. The van der Waals surface area contributed by atoms with E-state index in [1.54, 1.807) is 7.11 Å². The molecule has 24 heavy (non-hydrogen) atoms. The monoisotopic (exact) mass is 323 g/mol. The number of aromatic nitrogens is 2. The second kappa shape index (κ2) is 6.78. The van der Waals surface area contributed by atoms with E-state index >= 15 is 0 Å². The average molecular weight is 323 g/mol. The minimum atomic E-state index is 0.723. The Hall–Kier alpha value is -2.13. The van der Waals surface area contributed by atoms with E-state index < -0.39 is 0 Å². The molecular formula is C21H27N2O+. The highest BCUT2D eigenvalue weighted by atomic mass is 16.5. The molecular weight excluding hydrogens is 296 g/mol. The van der Waals surface area contributed by atoms with Gasteiger partial charge in [0, 0.05) is 7.11 Å². The smallest absolute Gasteiger partial charge is 0.245 e. The molecule has 126 valence electrons. The summed E-state index contributed by atoms with van der Waals surface area (Å²) < 4.78 is 9.91. The van der Waals surface area contributed by atoms with Crippen molar-refractivity contribution in [1.82, 2.24) is 4.57 Å². The predicted octanol–water partition coefficient (Wildman–Crippen LogP) is 3.86. The van der Waals surface area contributed by atoms with Crippen molar-refractivity contribution in [3.63, 3.8) is 0 Å². The Balaban J connectivity index is 2.08. The number of nitrogens with zero attached hydrogens (tertiary/aromatic N) is 2. The van der Waals surface area contributed by atoms with Crippen LogP contribution in [0, 0.1) is 27.7 Å². The molecule has 3 nitrogen and oxygen atoms in total. The second-order valence-corrected chi connectivity index (χ2v) is 6.66. The summed E-state index contributed by atoms with van der Waals surface area (Å²) in [4.78, 5) is 0. The van der Waals surface area contributed by atoms with Crippen molar-refractivity contribution in [3.8, 4) is 0 Å². The average Bonchev–Trinajstić information content (AvgIpc) is 2.93. The molecule has 0 amide bonds. The molecule has 1 aromatic heterocycles. The van der Waals surface area contributed by atoms with Crippen LogP contribution in [-0.2, 0) is 17.8 Å². The molecule has 0 aliphatic rings. The van der Waals surface area contributed by atoms with E-state index in [1.807, 2.05) is 0 Å². The molecule has 0 saturated carbocycles. The van der Waals surface area contributed by atoms with Crippen LogP contribution in [0.1, 0.15) is 27.8 Å². The molecule has 2 aromatic carbocycles. The normalized spacial score (nSPS) is 11.4. The maximum atomic E-state index is 5.26. The van der Waals surface area contributed by atoms with Crippen LogP contribution in [0.25, 0.3) is 11.0 Å². The first kappa shape index (κ1) is 16.7. The van der Waals surface area contributed by atoms with Crippen LogP contribution >= 0.6 is 0 Å². The van der Waals surface area contributed by atoms with Gasteiger partial charge in [-0.15, -0.1) is 0 Å². The predicted molar refractivity (Wildman–Crippen MR) is 98.5 cm³/mol. The summed E-state index contributed by atoms with van der Waals surface area (Å²) in [6.45, 7) is 11.4. The van der Waals surface area contributed by atoms with E-state index in [-0.39, 0.29) is 0 Å². The van der Waals surface area contributed by atoms with Gasteiger partial charge in [0.1, 0.15) is 13.1 Å².